The predicted octanol–water partition coefficient (Wildman–Crippen LogP) is 4.76. The number of hydrogen-bond donors (Lipinski definition) is 0. The van der Waals surface area contributed by atoms with Gasteiger partial charge in [0.25, 0.3) is 11.2 Å². The number of morpholine rings is 1. The molecule has 3 heterocycles. The van der Waals surface area contributed by atoms with E-state index < -0.39 is 10.5 Å². The second-order valence-corrected chi connectivity index (χ2v) is 9.09. The van der Waals surface area contributed by atoms with Crippen molar-refractivity contribution in [3.8, 4) is 28.3 Å². The molecule has 0 spiro atoms. The van der Waals surface area contributed by atoms with Gasteiger partial charge >= 0.3 is 0 Å². The summed E-state index contributed by atoms with van der Waals surface area (Å²) < 4.78 is 12.1. The molecule has 0 radical (unpaired) electrons. The number of fused-ring (bicyclic) bond motifs is 1. The summed E-state index contributed by atoms with van der Waals surface area (Å²) in [5, 5.41) is 17.8. The monoisotopic (exact) mass is 509 g/mol. The molecule has 3 aromatic carbocycles. The van der Waals surface area contributed by atoms with Gasteiger partial charge in [-0.1, -0.05) is 18.2 Å². The molecule has 0 bridgehead atoms. The molecular formula is C28H23N5O5. The Morgan fingerprint density at radius 3 is 2.47 bits per heavy atom. The van der Waals surface area contributed by atoms with E-state index in [-0.39, 0.29) is 11.4 Å². The summed E-state index contributed by atoms with van der Waals surface area (Å²) in [5.41, 5.74) is 3.27. The molecule has 1 saturated heterocycles. The number of anilines is 1. The third-order valence-electron chi connectivity index (χ3n) is 6.63. The minimum Gasteiger partial charge on any atom is -0.444 e. The molecule has 6 rings (SSSR count). The van der Waals surface area contributed by atoms with Crippen molar-refractivity contribution >= 4 is 22.1 Å². The number of oxazole rings is 1. The van der Waals surface area contributed by atoms with Crippen LogP contribution in [0.1, 0.15) is 5.56 Å². The number of nitrogens with zero attached hydrogens (tertiary/aromatic N) is 5. The fourth-order valence-electron chi connectivity index (χ4n) is 4.84. The van der Waals surface area contributed by atoms with Crippen molar-refractivity contribution in [2.24, 2.45) is 0 Å². The normalized spacial score (nSPS) is 13.7. The predicted molar refractivity (Wildman–Crippen MR) is 143 cm³/mol. The zero-order valence-electron chi connectivity index (χ0n) is 20.5. The average Bonchev–Trinajstić information content (AvgIpc) is 3.49. The van der Waals surface area contributed by atoms with Gasteiger partial charge in [0.2, 0.25) is 0 Å². The Hall–Kier alpha value is -4.83. The van der Waals surface area contributed by atoms with Crippen molar-refractivity contribution in [1.29, 1.82) is 0 Å². The van der Waals surface area contributed by atoms with Crippen LogP contribution in [0.25, 0.3) is 39.0 Å². The van der Waals surface area contributed by atoms with E-state index in [9.17, 15) is 14.9 Å². The van der Waals surface area contributed by atoms with Gasteiger partial charge in [-0.25, -0.2) is 4.98 Å². The van der Waals surface area contributed by atoms with E-state index >= 15 is 0 Å². The zero-order chi connectivity index (χ0) is 26.2. The van der Waals surface area contributed by atoms with Crippen LogP contribution >= 0.6 is 0 Å². The first-order valence-corrected chi connectivity index (χ1v) is 12.1. The lowest BCUT2D eigenvalue weighted by molar-refractivity contribution is -0.384. The first kappa shape index (κ1) is 23.6. The Morgan fingerprint density at radius 1 is 0.974 bits per heavy atom. The molecule has 0 atom stereocenters. The highest BCUT2D eigenvalue weighted by Crippen LogP contribution is 2.33. The molecule has 0 unspecified atom stereocenters. The van der Waals surface area contributed by atoms with Crippen LogP contribution in [0.2, 0.25) is 0 Å². The van der Waals surface area contributed by atoms with E-state index in [1.807, 2.05) is 37.3 Å². The van der Waals surface area contributed by atoms with E-state index in [1.165, 1.54) is 12.5 Å². The molecule has 0 amide bonds. The maximum atomic E-state index is 13.7. The van der Waals surface area contributed by atoms with E-state index in [0.717, 1.165) is 27.1 Å². The molecule has 10 nitrogen and oxygen atoms in total. The maximum absolute atomic E-state index is 13.7. The Morgan fingerprint density at radius 2 is 1.74 bits per heavy atom. The highest BCUT2D eigenvalue weighted by Gasteiger charge is 2.23. The van der Waals surface area contributed by atoms with Gasteiger partial charge in [-0.3, -0.25) is 14.9 Å². The minimum absolute atomic E-state index is 0.110. The number of aromatic nitrogens is 3. The summed E-state index contributed by atoms with van der Waals surface area (Å²) in [4.78, 5) is 31.4. The number of benzene rings is 3. The Bertz CT molecular complexity index is 1720. The fourth-order valence-corrected chi connectivity index (χ4v) is 4.84. The first-order valence-electron chi connectivity index (χ1n) is 12.1. The van der Waals surface area contributed by atoms with Crippen molar-refractivity contribution in [1.82, 2.24) is 14.8 Å². The number of hydrogen-bond acceptors (Lipinski definition) is 8. The second kappa shape index (κ2) is 9.56. The summed E-state index contributed by atoms with van der Waals surface area (Å²) in [7, 11) is 0. The van der Waals surface area contributed by atoms with Crippen LogP contribution in [0, 0.1) is 17.0 Å². The zero-order valence-corrected chi connectivity index (χ0v) is 20.5. The topological polar surface area (TPSA) is 117 Å². The summed E-state index contributed by atoms with van der Waals surface area (Å²) in [6, 6.07) is 17.8. The summed E-state index contributed by atoms with van der Waals surface area (Å²) >= 11 is 0. The highest BCUT2D eigenvalue weighted by molar-refractivity contribution is 5.94. The smallest absolute Gasteiger partial charge is 0.295 e. The van der Waals surface area contributed by atoms with Gasteiger partial charge in [0.05, 0.1) is 35.4 Å². The Kier molecular flexibility index (Phi) is 5.93. The molecule has 10 heteroatoms. The molecule has 2 aromatic heterocycles. The van der Waals surface area contributed by atoms with E-state index in [0.29, 0.717) is 48.5 Å². The summed E-state index contributed by atoms with van der Waals surface area (Å²) in [6.45, 7) is 4.38. The van der Waals surface area contributed by atoms with Crippen LogP contribution in [0.5, 0.6) is 0 Å². The molecule has 190 valence electrons. The lowest BCUT2D eigenvalue weighted by Crippen LogP contribution is -2.36. The second-order valence-electron chi connectivity index (χ2n) is 9.09. The number of ether oxygens (including phenoxy) is 1. The van der Waals surface area contributed by atoms with E-state index in [2.05, 4.69) is 9.88 Å². The first-order chi connectivity index (χ1) is 18.5. The highest BCUT2D eigenvalue weighted by atomic mass is 16.6. The lowest BCUT2D eigenvalue weighted by atomic mass is 9.99. The summed E-state index contributed by atoms with van der Waals surface area (Å²) in [6.07, 6.45) is 3.00. The number of aryl methyl sites for hydroxylation is 1. The van der Waals surface area contributed by atoms with Gasteiger partial charge < -0.3 is 14.1 Å². The molecule has 0 saturated carbocycles. The quantitative estimate of drug-likeness (QED) is 0.246. The van der Waals surface area contributed by atoms with Gasteiger partial charge in [-0.15, -0.1) is 0 Å². The summed E-state index contributed by atoms with van der Waals surface area (Å²) in [5.74, 6) is 0.599. The Labute approximate surface area is 216 Å². The van der Waals surface area contributed by atoms with Crippen molar-refractivity contribution < 1.29 is 14.1 Å². The van der Waals surface area contributed by atoms with E-state index in [4.69, 9.17) is 14.3 Å². The Balaban J connectivity index is 1.61. The average molecular weight is 510 g/mol. The largest absolute Gasteiger partial charge is 0.444 e. The number of rotatable bonds is 5. The minimum atomic E-state index is -0.490. The van der Waals surface area contributed by atoms with Gasteiger partial charge in [0.15, 0.2) is 12.2 Å². The van der Waals surface area contributed by atoms with Crippen LogP contribution in [-0.4, -0.2) is 46.0 Å². The molecular weight excluding hydrogens is 486 g/mol. The van der Waals surface area contributed by atoms with Gasteiger partial charge in [0.1, 0.15) is 5.69 Å². The third-order valence-corrected chi connectivity index (χ3v) is 6.63. The molecule has 38 heavy (non-hydrogen) atoms. The molecule has 1 aliphatic rings. The van der Waals surface area contributed by atoms with Crippen LogP contribution in [0.3, 0.4) is 0 Å². The van der Waals surface area contributed by atoms with Crippen LogP contribution < -0.4 is 10.5 Å². The standard InChI is InChI=1S/C28H23N5O5/c1-18-12-19(26-16-29-17-38-26)14-20(13-18)27-22-4-2-3-5-23(22)28(34)32(30-27)25-15-21(6-7-24(25)33(35)36)31-8-10-37-11-9-31/h2-7,12-17H,8-11H2,1H3. The van der Waals surface area contributed by atoms with Crippen LogP contribution in [0.15, 0.2) is 82.5 Å². The maximum Gasteiger partial charge on any atom is 0.295 e. The lowest BCUT2D eigenvalue weighted by Gasteiger charge is -2.29. The molecule has 1 fully saturated rings. The fraction of sp³-hybridized carbons (Fsp3) is 0.179. The molecule has 1 aliphatic heterocycles. The third kappa shape index (κ3) is 4.20. The van der Waals surface area contributed by atoms with E-state index in [1.54, 1.807) is 30.5 Å². The number of nitro groups is 1. The van der Waals surface area contributed by atoms with Crippen LogP contribution in [0.4, 0.5) is 11.4 Å². The van der Waals surface area contributed by atoms with Gasteiger partial charge in [-0.05, 0) is 48.9 Å². The van der Waals surface area contributed by atoms with Gasteiger partial charge in [-0.2, -0.15) is 9.78 Å². The van der Waals surface area contributed by atoms with Gasteiger partial charge in [0, 0.05) is 41.4 Å². The van der Waals surface area contributed by atoms with Crippen LogP contribution in [-0.2, 0) is 4.74 Å². The van der Waals surface area contributed by atoms with Crippen molar-refractivity contribution in [2.45, 2.75) is 6.92 Å². The van der Waals surface area contributed by atoms with Crippen molar-refractivity contribution in [3.63, 3.8) is 0 Å². The number of nitro benzene ring substituents is 1. The SMILES string of the molecule is Cc1cc(-c2cnco2)cc(-c2nn(-c3cc(N4CCOCC4)ccc3[N+](=O)[O-])c(=O)c3ccccc23)c1. The molecule has 0 aliphatic carbocycles. The van der Waals surface area contributed by atoms with Crippen molar-refractivity contribution in [3.05, 3.63) is 99.3 Å². The van der Waals surface area contributed by atoms with Crippen molar-refractivity contribution in [2.75, 3.05) is 31.2 Å². The molecule has 5 aromatic rings. The molecule has 0 N–H and O–H groups in total.